The summed E-state index contributed by atoms with van der Waals surface area (Å²) in [5.41, 5.74) is 0.375. The smallest absolute Gasteiger partial charge is 0.311 e. The van der Waals surface area contributed by atoms with Crippen molar-refractivity contribution < 1.29 is 14.5 Å². The molecule has 0 radical (unpaired) electrons. The number of benzene rings is 1. The van der Waals surface area contributed by atoms with Crippen LogP contribution in [0.5, 0.6) is 0 Å². The highest BCUT2D eigenvalue weighted by Crippen LogP contribution is 2.25. The molecule has 0 fully saturated rings. The van der Waals surface area contributed by atoms with Crippen LogP contribution in [0.25, 0.3) is 0 Å². The van der Waals surface area contributed by atoms with Gasteiger partial charge in [-0.05, 0) is 33.8 Å². The molecule has 0 saturated carbocycles. The zero-order chi connectivity index (χ0) is 13.9. The zero-order valence-corrected chi connectivity index (χ0v) is 11.0. The lowest BCUT2D eigenvalue weighted by Crippen LogP contribution is -2.22. The van der Waals surface area contributed by atoms with E-state index in [0.717, 1.165) is 0 Å². The molecule has 0 N–H and O–H groups in total. The fraction of sp³-hybridized carbons (Fsp3) is 0.462. The molecule has 0 atom stereocenters. The van der Waals surface area contributed by atoms with Gasteiger partial charge in [-0.1, -0.05) is 12.1 Å². The van der Waals surface area contributed by atoms with Crippen LogP contribution in [0.4, 0.5) is 5.69 Å². The summed E-state index contributed by atoms with van der Waals surface area (Å²) in [4.78, 5) is 22.1. The van der Waals surface area contributed by atoms with Gasteiger partial charge in [-0.3, -0.25) is 14.9 Å². The fourth-order valence-electron chi connectivity index (χ4n) is 1.46. The molecular formula is C13H17NO4. The maximum Gasteiger partial charge on any atom is 0.311 e. The number of nitro groups is 1. The van der Waals surface area contributed by atoms with Gasteiger partial charge in [-0.2, -0.15) is 0 Å². The molecule has 1 aromatic carbocycles. The number of nitro benzene ring substituents is 1. The van der Waals surface area contributed by atoms with E-state index in [-0.39, 0.29) is 18.3 Å². The number of rotatable bonds is 3. The van der Waals surface area contributed by atoms with Crippen LogP contribution in [0.2, 0.25) is 0 Å². The zero-order valence-electron chi connectivity index (χ0n) is 11.0. The molecule has 1 aromatic rings. The first kappa shape index (κ1) is 14.2. The maximum absolute atomic E-state index is 11.6. The van der Waals surface area contributed by atoms with Gasteiger partial charge >= 0.3 is 5.97 Å². The highest BCUT2D eigenvalue weighted by molar-refractivity contribution is 5.75. The molecule has 0 aliphatic rings. The minimum Gasteiger partial charge on any atom is -0.460 e. The Bertz CT molecular complexity index is 474. The van der Waals surface area contributed by atoms with Gasteiger partial charge in [0.2, 0.25) is 0 Å². The number of carbonyl (C=O) groups is 1. The maximum atomic E-state index is 11.6. The third kappa shape index (κ3) is 3.29. The first-order valence-corrected chi connectivity index (χ1v) is 5.63. The van der Waals surface area contributed by atoms with Gasteiger partial charge in [0, 0.05) is 5.56 Å². The molecule has 1 rings (SSSR count). The van der Waals surface area contributed by atoms with Crippen LogP contribution in [0.3, 0.4) is 0 Å². The first-order valence-electron chi connectivity index (χ1n) is 5.63. The van der Waals surface area contributed by atoms with E-state index in [0.29, 0.717) is 11.1 Å². The third-order valence-corrected chi connectivity index (χ3v) is 2.48. The third-order valence-electron chi connectivity index (χ3n) is 2.48. The largest absolute Gasteiger partial charge is 0.460 e. The van der Waals surface area contributed by atoms with E-state index in [1.807, 2.05) is 0 Å². The summed E-state index contributed by atoms with van der Waals surface area (Å²) in [5, 5.41) is 10.9. The minimum absolute atomic E-state index is 0.0132. The standard InChI is InChI=1S/C13H17NO4/c1-9-6-5-7-10(11(9)14(16)17)8-18-12(15)13(2,3)4/h5-7H,8H2,1-4H3. The highest BCUT2D eigenvalue weighted by atomic mass is 16.6. The van der Waals surface area contributed by atoms with E-state index in [2.05, 4.69) is 0 Å². The summed E-state index contributed by atoms with van der Waals surface area (Å²) in [7, 11) is 0. The van der Waals surface area contributed by atoms with Crippen molar-refractivity contribution in [3.05, 3.63) is 39.4 Å². The molecule has 0 bridgehead atoms. The van der Waals surface area contributed by atoms with Gasteiger partial charge in [0.15, 0.2) is 0 Å². The van der Waals surface area contributed by atoms with Crippen molar-refractivity contribution in [1.29, 1.82) is 0 Å². The Morgan fingerprint density at radius 2 is 2.00 bits per heavy atom. The second kappa shape index (κ2) is 5.16. The molecule has 0 aliphatic heterocycles. The van der Waals surface area contributed by atoms with Crippen molar-refractivity contribution in [3.63, 3.8) is 0 Å². The molecule has 98 valence electrons. The van der Waals surface area contributed by atoms with Gasteiger partial charge in [-0.25, -0.2) is 0 Å². The Labute approximate surface area is 106 Å². The molecule has 5 nitrogen and oxygen atoms in total. The van der Waals surface area contributed by atoms with Crippen molar-refractivity contribution >= 4 is 11.7 Å². The number of hydrogen-bond donors (Lipinski definition) is 0. The van der Waals surface area contributed by atoms with Crippen LogP contribution in [0.1, 0.15) is 31.9 Å². The Morgan fingerprint density at radius 1 is 1.39 bits per heavy atom. The Hall–Kier alpha value is -1.91. The number of nitrogens with zero attached hydrogens (tertiary/aromatic N) is 1. The molecule has 0 aromatic heterocycles. The fourth-order valence-corrected chi connectivity index (χ4v) is 1.46. The number of aryl methyl sites for hydroxylation is 1. The quantitative estimate of drug-likeness (QED) is 0.470. The van der Waals surface area contributed by atoms with Crippen molar-refractivity contribution in [2.24, 2.45) is 5.41 Å². The number of para-hydroxylation sites is 1. The Morgan fingerprint density at radius 3 is 2.50 bits per heavy atom. The Kier molecular flexibility index (Phi) is 4.06. The molecule has 0 saturated heterocycles. The van der Waals surface area contributed by atoms with Crippen LogP contribution < -0.4 is 0 Å². The molecule has 18 heavy (non-hydrogen) atoms. The van der Waals surface area contributed by atoms with Crippen molar-refractivity contribution in [3.8, 4) is 0 Å². The Balaban J connectivity index is 2.90. The molecule has 0 heterocycles. The van der Waals surface area contributed by atoms with E-state index < -0.39 is 10.3 Å². The van der Waals surface area contributed by atoms with Gasteiger partial charge in [0.25, 0.3) is 5.69 Å². The molecule has 0 aliphatic carbocycles. The number of hydrogen-bond acceptors (Lipinski definition) is 4. The first-order chi connectivity index (χ1) is 8.23. The topological polar surface area (TPSA) is 69.4 Å². The lowest BCUT2D eigenvalue weighted by atomic mass is 9.97. The summed E-state index contributed by atoms with van der Waals surface area (Å²) in [5.74, 6) is -0.377. The van der Waals surface area contributed by atoms with Crippen molar-refractivity contribution in [1.82, 2.24) is 0 Å². The molecule has 0 spiro atoms. The molecule has 0 unspecified atom stereocenters. The van der Waals surface area contributed by atoms with Gasteiger partial charge in [0.05, 0.1) is 15.9 Å². The minimum atomic E-state index is -0.612. The predicted octanol–water partition coefficient (Wildman–Crippen LogP) is 2.99. The van der Waals surface area contributed by atoms with E-state index in [4.69, 9.17) is 4.74 Å². The van der Waals surface area contributed by atoms with Crippen LogP contribution in [-0.4, -0.2) is 10.9 Å². The number of esters is 1. The summed E-state index contributed by atoms with van der Waals surface area (Å²) >= 11 is 0. The van der Waals surface area contributed by atoms with Gasteiger partial charge in [0.1, 0.15) is 6.61 Å². The summed E-state index contributed by atoms with van der Waals surface area (Å²) < 4.78 is 5.09. The van der Waals surface area contributed by atoms with Crippen molar-refractivity contribution in [2.75, 3.05) is 0 Å². The molecular weight excluding hydrogens is 234 g/mol. The molecule has 0 amide bonds. The second-order valence-electron chi connectivity index (χ2n) is 5.17. The van der Waals surface area contributed by atoms with Gasteiger partial charge in [-0.15, -0.1) is 0 Å². The lowest BCUT2D eigenvalue weighted by molar-refractivity contribution is -0.386. The highest BCUT2D eigenvalue weighted by Gasteiger charge is 2.24. The number of ether oxygens (including phenoxy) is 1. The predicted molar refractivity (Wildman–Crippen MR) is 67.1 cm³/mol. The van der Waals surface area contributed by atoms with Crippen LogP contribution >= 0.6 is 0 Å². The van der Waals surface area contributed by atoms with Crippen LogP contribution in [-0.2, 0) is 16.1 Å². The average Bonchev–Trinajstić information content (AvgIpc) is 2.23. The van der Waals surface area contributed by atoms with Crippen LogP contribution in [0.15, 0.2) is 18.2 Å². The summed E-state index contributed by atoms with van der Waals surface area (Å²) in [6, 6.07) is 4.97. The second-order valence-corrected chi connectivity index (χ2v) is 5.17. The summed E-state index contributed by atoms with van der Waals surface area (Å²) in [6.07, 6.45) is 0. The van der Waals surface area contributed by atoms with E-state index in [9.17, 15) is 14.9 Å². The lowest BCUT2D eigenvalue weighted by Gasteiger charge is -2.16. The van der Waals surface area contributed by atoms with Crippen LogP contribution in [0, 0.1) is 22.5 Å². The van der Waals surface area contributed by atoms with E-state index in [1.54, 1.807) is 45.9 Å². The monoisotopic (exact) mass is 251 g/mol. The normalized spacial score (nSPS) is 11.1. The van der Waals surface area contributed by atoms with Gasteiger partial charge < -0.3 is 4.74 Å². The van der Waals surface area contributed by atoms with E-state index in [1.165, 1.54) is 0 Å². The molecule has 5 heteroatoms. The average molecular weight is 251 g/mol. The summed E-state index contributed by atoms with van der Waals surface area (Å²) in [6.45, 7) is 6.79. The van der Waals surface area contributed by atoms with E-state index >= 15 is 0 Å². The van der Waals surface area contributed by atoms with Crippen molar-refractivity contribution in [2.45, 2.75) is 34.3 Å². The number of carbonyl (C=O) groups excluding carboxylic acids is 1. The SMILES string of the molecule is Cc1cccc(COC(=O)C(C)(C)C)c1[N+](=O)[O-].